The van der Waals surface area contributed by atoms with Crippen LogP contribution in [0.3, 0.4) is 0 Å². The zero-order valence-corrected chi connectivity index (χ0v) is 13.2. The smallest absolute Gasteiger partial charge is 0.289 e. The topological polar surface area (TPSA) is 45.5 Å². The van der Waals surface area contributed by atoms with E-state index in [1.54, 1.807) is 0 Å². The minimum atomic E-state index is -0.0231. The first-order valence-corrected chi connectivity index (χ1v) is 7.56. The van der Waals surface area contributed by atoms with Crippen molar-refractivity contribution in [3.8, 4) is 0 Å². The Morgan fingerprint density at radius 3 is 3.00 bits per heavy atom. The van der Waals surface area contributed by atoms with E-state index < -0.39 is 0 Å². The van der Waals surface area contributed by atoms with Crippen molar-refractivity contribution in [2.75, 3.05) is 19.6 Å². The molecule has 0 unspecified atom stereocenters. The SMILES string of the molecule is Cc1cc(Br)cc2cc(C(=O)N3CCN[C@H](C)C3)oc12. The molecule has 20 heavy (non-hydrogen) atoms. The first kappa shape index (κ1) is 13.6. The lowest BCUT2D eigenvalue weighted by Gasteiger charge is -2.31. The third-order valence-corrected chi connectivity index (χ3v) is 4.09. The molecule has 1 amide bonds. The van der Waals surface area contributed by atoms with Gasteiger partial charge in [0.25, 0.3) is 5.91 Å². The highest BCUT2D eigenvalue weighted by atomic mass is 79.9. The first-order chi connectivity index (χ1) is 9.54. The van der Waals surface area contributed by atoms with Gasteiger partial charge in [0.2, 0.25) is 0 Å². The molecule has 106 valence electrons. The van der Waals surface area contributed by atoms with Crippen LogP contribution in [-0.4, -0.2) is 36.5 Å². The van der Waals surface area contributed by atoms with Crippen molar-refractivity contribution in [1.82, 2.24) is 10.2 Å². The van der Waals surface area contributed by atoms with Crippen LogP contribution in [0.5, 0.6) is 0 Å². The Labute approximate surface area is 126 Å². The van der Waals surface area contributed by atoms with E-state index in [9.17, 15) is 4.79 Å². The molecule has 0 aliphatic carbocycles. The lowest BCUT2D eigenvalue weighted by molar-refractivity contribution is 0.0679. The zero-order valence-electron chi connectivity index (χ0n) is 11.6. The third kappa shape index (κ3) is 2.47. The molecule has 1 aromatic carbocycles. The number of furan rings is 1. The van der Waals surface area contributed by atoms with Crippen LogP contribution in [0, 0.1) is 6.92 Å². The maximum absolute atomic E-state index is 12.5. The van der Waals surface area contributed by atoms with E-state index in [4.69, 9.17) is 4.42 Å². The zero-order chi connectivity index (χ0) is 14.3. The van der Waals surface area contributed by atoms with E-state index in [0.717, 1.165) is 40.6 Å². The van der Waals surface area contributed by atoms with Gasteiger partial charge in [-0.15, -0.1) is 0 Å². The molecule has 1 aromatic heterocycles. The lowest BCUT2D eigenvalue weighted by atomic mass is 10.2. The summed E-state index contributed by atoms with van der Waals surface area (Å²) in [6, 6.07) is 6.13. The van der Waals surface area contributed by atoms with Gasteiger partial charge in [0, 0.05) is 35.5 Å². The second-order valence-electron chi connectivity index (χ2n) is 5.36. The van der Waals surface area contributed by atoms with Gasteiger partial charge in [0.05, 0.1) is 0 Å². The minimum absolute atomic E-state index is 0.0231. The van der Waals surface area contributed by atoms with Crippen LogP contribution < -0.4 is 5.32 Å². The van der Waals surface area contributed by atoms with Gasteiger partial charge in [-0.2, -0.15) is 0 Å². The number of nitrogens with zero attached hydrogens (tertiary/aromatic N) is 1. The summed E-state index contributed by atoms with van der Waals surface area (Å²) in [4.78, 5) is 14.4. The summed E-state index contributed by atoms with van der Waals surface area (Å²) in [6.45, 7) is 6.34. The third-order valence-electron chi connectivity index (χ3n) is 3.63. The van der Waals surface area contributed by atoms with Crippen molar-refractivity contribution < 1.29 is 9.21 Å². The summed E-state index contributed by atoms with van der Waals surface area (Å²) in [7, 11) is 0. The van der Waals surface area contributed by atoms with Gasteiger partial charge in [0.1, 0.15) is 5.58 Å². The molecule has 1 N–H and O–H groups in total. The van der Waals surface area contributed by atoms with Crippen LogP contribution in [0.1, 0.15) is 23.0 Å². The predicted octanol–water partition coefficient (Wildman–Crippen LogP) is 2.94. The van der Waals surface area contributed by atoms with Crippen molar-refractivity contribution in [3.63, 3.8) is 0 Å². The van der Waals surface area contributed by atoms with Gasteiger partial charge in [-0.3, -0.25) is 4.79 Å². The van der Waals surface area contributed by atoms with Crippen LogP contribution in [0.15, 0.2) is 27.1 Å². The highest BCUT2D eigenvalue weighted by Gasteiger charge is 2.24. The molecule has 1 fully saturated rings. The van der Waals surface area contributed by atoms with E-state index in [0.29, 0.717) is 11.8 Å². The number of carbonyl (C=O) groups is 1. The Morgan fingerprint density at radius 2 is 2.25 bits per heavy atom. The van der Waals surface area contributed by atoms with E-state index in [1.807, 2.05) is 30.0 Å². The number of benzene rings is 1. The van der Waals surface area contributed by atoms with Crippen LogP contribution in [0.25, 0.3) is 11.0 Å². The molecule has 3 rings (SSSR count). The molecule has 4 nitrogen and oxygen atoms in total. The van der Waals surface area contributed by atoms with Crippen molar-refractivity contribution >= 4 is 32.8 Å². The lowest BCUT2D eigenvalue weighted by Crippen LogP contribution is -2.51. The number of hydrogen-bond acceptors (Lipinski definition) is 3. The number of nitrogens with one attached hydrogen (secondary N) is 1. The average molecular weight is 337 g/mol. The maximum Gasteiger partial charge on any atom is 0.289 e. The van der Waals surface area contributed by atoms with Gasteiger partial charge >= 0.3 is 0 Å². The minimum Gasteiger partial charge on any atom is -0.451 e. The standard InChI is InChI=1S/C15H17BrN2O2/c1-9-5-12(16)6-11-7-13(20-14(9)11)15(19)18-4-3-17-10(2)8-18/h5-7,10,17H,3-4,8H2,1-2H3/t10-/m1/s1. The number of carbonyl (C=O) groups excluding carboxylic acids is 1. The first-order valence-electron chi connectivity index (χ1n) is 6.77. The second kappa shape index (κ2) is 5.22. The van der Waals surface area contributed by atoms with Crippen molar-refractivity contribution in [1.29, 1.82) is 0 Å². The summed E-state index contributed by atoms with van der Waals surface area (Å²) in [5.74, 6) is 0.403. The molecule has 0 bridgehead atoms. The molecule has 2 heterocycles. The van der Waals surface area contributed by atoms with Crippen LogP contribution in [0.2, 0.25) is 0 Å². The quantitative estimate of drug-likeness (QED) is 0.870. The maximum atomic E-state index is 12.5. The summed E-state index contributed by atoms with van der Waals surface area (Å²) in [6.07, 6.45) is 0. The molecule has 1 aliphatic heterocycles. The highest BCUT2D eigenvalue weighted by Crippen LogP contribution is 2.27. The Hall–Kier alpha value is -1.33. The van der Waals surface area contributed by atoms with Gasteiger partial charge in [-0.1, -0.05) is 15.9 Å². The molecule has 1 saturated heterocycles. The van der Waals surface area contributed by atoms with Gasteiger partial charge in [-0.25, -0.2) is 0 Å². The molecule has 0 saturated carbocycles. The number of amides is 1. The van der Waals surface area contributed by atoms with Crippen molar-refractivity contribution in [3.05, 3.63) is 34.0 Å². The highest BCUT2D eigenvalue weighted by molar-refractivity contribution is 9.10. The Bertz CT molecular complexity index is 665. The molecule has 1 atom stereocenters. The summed E-state index contributed by atoms with van der Waals surface area (Å²) >= 11 is 3.47. The van der Waals surface area contributed by atoms with E-state index in [1.165, 1.54) is 0 Å². The molecular weight excluding hydrogens is 320 g/mol. The number of piperazine rings is 1. The summed E-state index contributed by atoms with van der Waals surface area (Å²) < 4.78 is 6.77. The Balaban J connectivity index is 1.93. The van der Waals surface area contributed by atoms with Crippen molar-refractivity contribution in [2.45, 2.75) is 19.9 Å². The fourth-order valence-corrected chi connectivity index (χ4v) is 3.25. The van der Waals surface area contributed by atoms with Gasteiger partial charge in [-0.05, 0) is 37.6 Å². The molecular formula is C15H17BrN2O2. The van der Waals surface area contributed by atoms with Gasteiger partial charge in [0.15, 0.2) is 5.76 Å². The van der Waals surface area contributed by atoms with Crippen molar-refractivity contribution in [2.24, 2.45) is 0 Å². The van der Waals surface area contributed by atoms with E-state index in [2.05, 4.69) is 28.2 Å². The number of hydrogen-bond donors (Lipinski definition) is 1. The largest absolute Gasteiger partial charge is 0.451 e. The van der Waals surface area contributed by atoms with Crippen LogP contribution in [-0.2, 0) is 0 Å². The number of fused-ring (bicyclic) bond motifs is 1. The average Bonchev–Trinajstić information content (AvgIpc) is 2.82. The summed E-state index contributed by atoms with van der Waals surface area (Å²) in [5.41, 5.74) is 1.82. The van der Waals surface area contributed by atoms with E-state index >= 15 is 0 Å². The number of aryl methyl sites for hydroxylation is 1. The predicted molar refractivity (Wildman–Crippen MR) is 82.0 cm³/mol. The molecule has 0 radical (unpaired) electrons. The fourth-order valence-electron chi connectivity index (χ4n) is 2.66. The van der Waals surface area contributed by atoms with Gasteiger partial charge < -0.3 is 14.6 Å². The number of halogens is 1. The summed E-state index contributed by atoms with van der Waals surface area (Å²) in [5, 5.41) is 4.29. The van der Waals surface area contributed by atoms with Crippen LogP contribution in [0.4, 0.5) is 0 Å². The second-order valence-corrected chi connectivity index (χ2v) is 6.27. The fraction of sp³-hybridized carbons (Fsp3) is 0.400. The molecule has 2 aromatic rings. The number of rotatable bonds is 1. The molecule has 0 spiro atoms. The Morgan fingerprint density at radius 1 is 1.45 bits per heavy atom. The molecule has 1 aliphatic rings. The monoisotopic (exact) mass is 336 g/mol. The van der Waals surface area contributed by atoms with Crippen LogP contribution >= 0.6 is 15.9 Å². The molecule has 5 heteroatoms. The normalized spacial score (nSPS) is 19.6. The van der Waals surface area contributed by atoms with E-state index in [-0.39, 0.29) is 5.91 Å². The Kier molecular flexibility index (Phi) is 3.56.